The minimum absolute atomic E-state index is 0.147. The summed E-state index contributed by atoms with van der Waals surface area (Å²) in [5.74, 6) is 2.11. The third-order valence-electron chi connectivity index (χ3n) is 6.34. The first kappa shape index (κ1) is 28.9. The summed E-state index contributed by atoms with van der Waals surface area (Å²) in [4.78, 5) is 24.1. The lowest BCUT2D eigenvalue weighted by Gasteiger charge is -2.10. The third-order valence-corrected chi connectivity index (χ3v) is 6.34. The molecule has 0 spiro atoms. The number of ketones is 1. The monoisotopic (exact) mass is 579 g/mol. The van der Waals surface area contributed by atoms with Crippen molar-refractivity contribution in [3.63, 3.8) is 0 Å². The molecule has 0 saturated heterocycles. The molecule has 0 aliphatic heterocycles. The number of nitrogens with zero attached hydrogens (tertiary/aromatic N) is 3. The van der Waals surface area contributed by atoms with Gasteiger partial charge in [-0.05, 0) is 59.7 Å². The van der Waals surface area contributed by atoms with Crippen LogP contribution in [0.3, 0.4) is 0 Å². The Balaban J connectivity index is 1.13. The smallest absolute Gasteiger partial charge is 0.339 e. The molecule has 0 saturated carbocycles. The highest BCUT2D eigenvalue weighted by Gasteiger charge is 2.09. The Labute approximate surface area is 247 Å². The molecule has 0 atom stereocenters. The second kappa shape index (κ2) is 13.8. The molecule has 0 amide bonds. The van der Waals surface area contributed by atoms with Gasteiger partial charge in [0.1, 0.15) is 36.0 Å². The van der Waals surface area contributed by atoms with Crippen molar-refractivity contribution in [2.24, 2.45) is 0 Å². The van der Waals surface area contributed by atoms with Crippen molar-refractivity contribution in [1.82, 2.24) is 15.0 Å². The lowest BCUT2D eigenvalue weighted by molar-refractivity contribution is -0.110. The van der Waals surface area contributed by atoms with Crippen LogP contribution in [0.25, 0.3) is 23.1 Å². The van der Waals surface area contributed by atoms with Crippen molar-refractivity contribution in [3.8, 4) is 23.0 Å². The normalized spacial score (nSPS) is 11.3. The molecule has 0 radical (unpaired) electrons. The molecule has 10 heteroatoms. The number of fused-ring (bicyclic) bond motifs is 1. The van der Waals surface area contributed by atoms with Gasteiger partial charge in [-0.1, -0.05) is 47.7 Å². The van der Waals surface area contributed by atoms with Gasteiger partial charge in [0.25, 0.3) is 0 Å². The molecule has 0 aliphatic rings. The molecule has 0 N–H and O–H groups in total. The number of methoxy groups -OCH3 is 2. The molecule has 43 heavy (non-hydrogen) atoms. The Bertz CT molecular complexity index is 1820. The first-order valence-corrected chi connectivity index (χ1v) is 13.4. The topological polar surface area (TPSA) is 115 Å². The first-order valence-electron chi connectivity index (χ1n) is 13.4. The van der Waals surface area contributed by atoms with Crippen LogP contribution in [0.5, 0.6) is 23.0 Å². The zero-order valence-corrected chi connectivity index (χ0v) is 23.6. The quantitative estimate of drug-likeness (QED) is 0.134. The van der Waals surface area contributed by atoms with Crippen LogP contribution in [-0.2, 0) is 17.9 Å². The average molecular weight is 580 g/mol. The predicted octanol–water partition coefficient (Wildman–Crippen LogP) is 5.36. The van der Waals surface area contributed by atoms with E-state index in [1.165, 1.54) is 18.2 Å². The molecule has 10 nitrogen and oxygen atoms in total. The number of para-hydroxylation sites is 1. The summed E-state index contributed by atoms with van der Waals surface area (Å²) >= 11 is 0. The third kappa shape index (κ3) is 7.76. The van der Waals surface area contributed by atoms with Crippen LogP contribution in [0.2, 0.25) is 0 Å². The van der Waals surface area contributed by atoms with E-state index < -0.39 is 5.63 Å². The molecule has 5 rings (SSSR count). The van der Waals surface area contributed by atoms with Crippen molar-refractivity contribution < 1.29 is 28.2 Å². The Morgan fingerprint density at radius 1 is 0.860 bits per heavy atom. The van der Waals surface area contributed by atoms with E-state index in [1.54, 1.807) is 61.5 Å². The summed E-state index contributed by atoms with van der Waals surface area (Å²) < 4.78 is 29.2. The summed E-state index contributed by atoms with van der Waals surface area (Å²) in [6.45, 7) is 0.866. The Morgan fingerprint density at radius 2 is 1.63 bits per heavy atom. The maximum absolute atomic E-state index is 12.3. The zero-order chi connectivity index (χ0) is 30.0. The van der Waals surface area contributed by atoms with Gasteiger partial charge in [-0.3, -0.25) is 4.79 Å². The number of ether oxygens (including phenoxy) is 4. The fourth-order valence-corrected chi connectivity index (χ4v) is 4.15. The minimum atomic E-state index is -0.472. The van der Waals surface area contributed by atoms with Crippen LogP contribution in [0, 0.1) is 0 Å². The molecular weight excluding hydrogens is 550 g/mol. The second-order valence-corrected chi connectivity index (χ2v) is 9.29. The van der Waals surface area contributed by atoms with E-state index in [0.29, 0.717) is 35.1 Å². The average Bonchev–Trinajstić information content (AvgIpc) is 3.49. The van der Waals surface area contributed by atoms with Crippen molar-refractivity contribution in [1.29, 1.82) is 0 Å². The molecular formula is C33H29N3O7. The zero-order valence-electron chi connectivity index (χ0n) is 23.6. The first-order chi connectivity index (χ1) is 21.0. The number of carbonyl (C=O) groups is 1. The van der Waals surface area contributed by atoms with E-state index in [2.05, 4.69) is 10.3 Å². The number of allylic oxidation sites excluding steroid dienone is 2. The van der Waals surface area contributed by atoms with Crippen LogP contribution in [0.1, 0.15) is 16.8 Å². The molecule has 2 heterocycles. The van der Waals surface area contributed by atoms with E-state index in [0.717, 1.165) is 22.3 Å². The van der Waals surface area contributed by atoms with Gasteiger partial charge in [0.2, 0.25) is 0 Å². The largest absolute Gasteiger partial charge is 0.497 e. The van der Waals surface area contributed by atoms with Crippen LogP contribution in [0.15, 0.2) is 100 Å². The van der Waals surface area contributed by atoms with Gasteiger partial charge >= 0.3 is 5.63 Å². The SMILES string of the molecule is COc1ccc(/C=C/C(=O)/C=C/c2ccc(OCc3cn(CCOc4cc(=O)oc5ccccc45)nn3)c(OC)c2)cc1. The van der Waals surface area contributed by atoms with Crippen molar-refractivity contribution >= 4 is 28.9 Å². The number of aromatic nitrogens is 3. The Kier molecular flexibility index (Phi) is 9.28. The number of hydrogen-bond donors (Lipinski definition) is 0. The van der Waals surface area contributed by atoms with E-state index in [1.807, 2.05) is 42.5 Å². The molecule has 0 unspecified atom stereocenters. The molecule has 0 fully saturated rings. The van der Waals surface area contributed by atoms with E-state index >= 15 is 0 Å². The van der Waals surface area contributed by atoms with E-state index in [4.69, 9.17) is 23.4 Å². The summed E-state index contributed by atoms with van der Waals surface area (Å²) in [7, 11) is 3.16. The van der Waals surface area contributed by atoms with Gasteiger partial charge in [-0.15, -0.1) is 5.10 Å². The van der Waals surface area contributed by atoms with Gasteiger partial charge in [0.05, 0.1) is 38.4 Å². The van der Waals surface area contributed by atoms with Crippen molar-refractivity contribution in [3.05, 3.63) is 118 Å². The fraction of sp³-hybridized carbons (Fsp3) is 0.152. The predicted molar refractivity (Wildman–Crippen MR) is 161 cm³/mol. The number of benzene rings is 3. The van der Waals surface area contributed by atoms with Crippen LogP contribution in [0.4, 0.5) is 0 Å². The van der Waals surface area contributed by atoms with Gasteiger partial charge in [-0.25, -0.2) is 9.48 Å². The summed E-state index contributed by atoms with van der Waals surface area (Å²) in [6.07, 6.45) is 8.22. The molecule has 0 aliphatic carbocycles. The lowest BCUT2D eigenvalue weighted by Crippen LogP contribution is -2.10. The summed E-state index contributed by atoms with van der Waals surface area (Å²) in [5.41, 5.74) is 2.29. The molecule has 2 aromatic heterocycles. The van der Waals surface area contributed by atoms with Crippen molar-refractivity contribution in [2.45, 2.75) is 13.2 Å². The Hall–Kier alpha value is -5.64. The van der Waals surface area contributed by atoms with Gasteiger partial charge < -0.3 is 23.4 Å². The number of carbonyl (C=O) groups excluding carboxylic acids is 1. The summed E-state index contributed by atoms with van der Waals surface area (Å²) in [5, 5.41) is 9.00. The van der Waals surface area contributed by atoms with Gasteiger partial charge in [-0.2, -0.15) is 0 Å². The molecule has 3 aromatic carbocycles. The van der Waals surface area contributed by atoms with E-state index in [9.17, 15) is 9.59 Å². The van der Waals surface area contributed by atoms with Gasteiger partial charge in [0, 0.05) is 0 Å². The molecule has 5 aromatic rings. The second-order valence-electron chi connectivity index (χ2n) is 9.29. The standard InChI is InChI=1S/C33H29N3O7/c1-39-27-14-9-23(10-15-27)7-12-26(37)13-8-24-11-16-30(32(19-24)40-2)42-22-25-21-36(35-34-25)17-18-41-31-20-33(38)43-29-6-4-3-5-28(29)31/h3-16,19-21H,17-18,22H2,1-2H3/b12-7+,13-8+. The molecule has 218 valence electrons. The van der Waals surface area contributed by atoms with E-state index in [-0.39, 0.29) is 19.0 Å². The van der Waals surface area contributed by atoms with Crippen LogP contribution in [-0.4, -0.2) is 41.6 Å². The fourth-order valence-electron chi connectivity index (χ4n) is 4.15. The highest BCUT2D eigenvalue weighted by Crippen LogP contribution is 2.29. The number of rotatable bonds is 13. The highest BCUT2D eigenvalue weighted by molar-refractivity contribution is 6.04. The highest BCUT2D eigenvalue weighted by atomic mass is 16.5. The van der Waals surface area contributed by atoms with Gasteiger partial charge in [0.15, 0.2) is 17.3 Å². The maximum Gasteiger partial charge on any atom is 0.339 e. The minimum Gasteiger partial charge on any atom is -0.497 e. The lowest BCUT2D eigenvalue weighted by atomic mass is 10.1. The molecule has 0 bridgehead atoms. The van der Waals surface area contributed by atoms with Crippen LogP contribution < -0.4 is 24.6 Å². The maximum atomic E-state index is 12.3. The Morgan fingerprint density at radius 3 is 2.42 bits per heavy atom. The van der Waals surface area contributed by atoms with Crippen molar-refractivity contribution in [2.75, 3.05) is 20.8 Å². The van der Waals surface area contributed by atoms with Crippen LogP contribution >= 0.6 is 0 Å². The summed E-state index contributed by atoms with van der Waals surface area (Å²) in [6, 6.07) is 21.3. The number of hydrogen-bond acceptors (Lipinski definition) is 9.